The summed E-state index contributed by atoms with van der Waals surface area (Å²) in [5, 5.41) is 3.31. The van der Waals surface area contributed by atoms with E-state index in [0.717, 1.165) is 0 Å². The Morgan fingerprint density at radius 1 is 1.50 bits per heavy atom. The van der Waals surface area contributed by atoms with E-state index < -0.39 is 0 Å². The molecule has 1 aliphatic carbocycles. The fourth-order valence-corrected chi connectivity index (χ4v) is 1.80. The fourth-order valence-electron chi connectivity index (χ4n) is 1.80. The molecular weight excluding hydrogens is 150 g/mol. The van der Waals surface area contributed by atoms with Crippen LogP contribution in [0.4, 0.5) is 0 Å². The first kappa shape index (κ1) is 9.57. The normalized spacial score (nSPS) is 29.7. The number of rotatable bonds is 3. The van der Waals surface area contributed by atoms with Gasteiger partial charge in [-0.05, 0) is 12.8 Å². The van der Waals surface area contributed by atoms with E-state index in [2.05, 4.69) is 11.2 Å². The molecule has 12 heavy (non-hydrogen) atoms. The van der Waals surface area contributed by atoms with Gasteiger partial charge in [0.25, 0.3) is 0 Å². The summed E-state index contributed by atoms with van der Waals surface area (Å²) in [7, 11) is 1.78. The van der Waals surface area contributed by atoms with Crippen LogP contribution in [-0.2, 0) is 4.74 Å². The first-order valence-corrected chi connectivity index (χ1v) is 4.58. The van der Waals surface area contributed by atoms with Crippen LogP contribution in [0.15, 0.2) is 0 Å². The Morgan fingerprint density at radius 2 is 2.25 bits per heavy atom. The molecule has 1 fully saturated rings. The molecule has 0 aromatic heterocycles. The van der Waals surface area contributed by atoms with Crippen molar-refractivity contribution in [3.8, 4) is 12.3 Å². The molecule has 0 aromatic rings. The van der Waals surface area contributed by atoms with Crippen LogP contribution in [0.25, 0.3) is 0 Å². The highest BCUT2D eigenvalue weighted by Crippen LogP contribution is 2.20. The molecule has 0 aliphatic heterocycles. The third-order valence-corrected chi connectivity index (χ3v) is 2.47. The van der Waals surface area contributed by atoms with Gasteiger partial charge in [-0.1, -0.05) is 18.8 Å². The summed E-state index contributed by atoms with van der Waals surface area (Å²) < 4.78 is 5.37. The van der Waals surface area contributed by atoms with E-state index in [4.69, 9.17) is 11.2 Å². The number of nitrogens with one attached hydrogen (secondary N) is 1. The molecule has 0 heterocycles. The zero-order chi connectivity index (χ0) is 8.81. The Balaban J connectivity index is 2.32. The van der Waals surface area contributed by atoms with Gasteiger partial charge in [0.15, 0.2) is 0 Å². The maximum absolute atomic E-state index is 5.37. The molecule has 2 nitrogen and oxygen atoms in total. The second kappa shape index (κ2) is 5.18. The van der Waals surface area contributed by atoms with Gasteiger partial charge in [-0.25, -0.2) is 0 Å². The minimum atomic E-state index is 0.368. The third kappa shape index (κ3) is 2.51. The number of hydrogen-bond donors (Lipinski definition) is 1. The zero-order valence-electron chi connectivity index (χ0n) is 7.68. The molecule has 0 aromatic carbocycles. The zero-order valence-corrected chi connectivity index (χ0v) is 7.68. The summed E-state index contributed by atoms with van der Waals surface area (Å²) >= 11 is 0. The molecule has 1 saturated carbocycles. The average Bonchev–Trinajstić information content (AvgIpc) is 2.15. The summed E-state index contributed by atoms with van der Waals surface area (Å²) in [5.74, 6) is 2.59. The van der Waals surface area contributed by atoms with Crippen molar-refractivity contribution in [2.45, 2.75) is 37.8 Å². The summed E-state index contributed by atoms with van der Waals surface area (Å²) in [5.41, 5.74) is 0. The largest absolute Gasteiger partial charge is 0.380 e. The molecule has 0 saturated heterocycles. The van der Waals surface area contributed by atoms with E-state index in [1.165, 1.54) is 25.7 Å². The molecular formula is C10H17NO. The highest BCUT2D eigenvalue weighted by atomic mass is 16.5. The van der Waals surface area contributed by atoms with Gasteiger partial charge in [-0.3, -0.25) is 0 Å². The SMILES string of the molecule is C#CCNC1CCCCC1OC. The maximum Gasteiger partial charge on any atom is 0.0724 e. The van der Waals surface area contributed by atoms with Gasteiger partial charge in [0.1, 0.15) is 0 Å². The predicted octanol–water partition coefficient (Wildman–Crippen LogP) is 1.17. The lowest BCUT2D eigenvalue weighted by atomic mass is 9.92. The second-order valence-electron chi connectivity index (χ2n) is 3.25. The smallest absolute Gasteiger partial charge is 0.0724 e. The maximum atomic E-state index is 5.37. The van der Waals surface area contributed by atoms with Gasteiger partial charge in [0.05, 0.1) is 12.6 Å². The van der Waals surface area contributed by atoms with Crippen LogP contribution in [0.1, 0.15) is 25.7 Å². The van der Waals surface area contributed by atoms with Crippen molar-refractivity contribution in [3.63, 3.8) is 0 Å². The lowest BCUT2D eigenvalue weighted by Gasteiger charge is -2.30. The van der Waals surface area contributed by atoms with Crippen molar-refractivity contribution in [2.75, 3.05) is 13.7 Å². The highest BCUT2D eigenvalue weighted by molar-refractivity contribution is 4.91. The molecule has 68 valence electrons. The summed E-state index contributed by atoms with van der Waals surface area (Å²) in [6, 6.07) is 0.472. The van der Waals surface area contributed by atoms with Crippen molar-refractivity contribution in [2.24, 2.45) is 0 Å². The first-order valence-electron chi connectivity index (χ1n) is 4.58. The molecule has 1 rings (SSSR count). The predicted molar refractivity (Wildman–Crippen MR) is 49.9 cm³/mol. The van der Waals surface area contributed by atoms with E-state index in [9.17, 15) is 0 Å². The van der Waals surface area contributed by atoms with Crippen molar-refractivity contribution in [1.82, 2.24) is 5.32 Å². The number of terminal acetylenes is 1. The summed E-state index contributed by atoms with van der Waals surface area (Å²) in [6.45, 7) is 0.657. The van der Waals surface area contributed by atoms with Crippen molar-refractivity contribution in [3.05, 3.63) is 0 Å². The Labute approximate surface area is 74.7 Å². The van der Waals surface area contributed by atoms with Gasteiger partial charge in [-0.15, -0.1) is 6.42 Å². The van der Waals surface area contributed by atoms with E-state index in [1.807, 2.05) is 0 Å². The fraction of sp³-hybridized carbons (Fsp3) is 0.800. The van der Waals surface area contributed by atoms with E-state index in [-0.39, 0.29) is 0 Å². The van der Waals surface area contributed by atoms with Gasteiger partial charge in [-0.2, -0.15) is 0 Å². The number of methoxy groups -OCH3 is 1. The lowest BCUT2D eigenvalue weighted by Crippen LogP contribution is -2.43. The Hall–Kier alpha value is -0.520. The standard InChI is InChI=1S/C10H17NO/c1-3-8-11-9-6-4-5-7-10(9)12-2/h1,9-11H,4-8H2,2H3. The monoisotopic (exact) mass is 167 g/mol. The molecule has 2 unspecified atom stereocenters. The molecule has 2 atom stereocenters. The molecule has 1 N–H and O–H groups in total. The van der Waals surface area contributed by atoms with Crippen LogP contribution in [-0.4, -0.2) is 25.8 Å². The minimum Gasteiger partial charge on any atom is -0.380 e. The van der Waals surface area contributed by atoms with Gasteiger partial charge >= 0.3 is 0 Å². The molecule has 0 radical (unpaired) electrons. The van der Waals surface area contributed by atoms with Crippen LogP contribution in [0.5, 0.6) is 0 Å². The molecule has 0 spiro atoms. The van der Waals surface area contributed by atoms with Crippen LogP contribution in [0.3, 0.4) is 0 Å². The Morgan fingerprint density at radius 3 is 2.92 bits per heavy atom. The van der Waals surface area contributed by atoms with E-state index in [0.29, 0.717) is 18.7 Å². The molecule has 0 bridgehead atoms. The van der Waals surface area contributed by atoms with Crippen LogP contribution in [0, 0.1) is 12.3 Å². The topological polar surface area (TPSA) is 21.3 Å². The van der Waals surface area contributed by atoms with Crippen molar-refractivity contribution < 1.29 is 4.74 Å². The quantitative estimate of drug-likeness (QED) is 0.637. The number of ether oxygens (including phenoxy) is 1. The van der Waals surface area contributed by atoms with Gasteiger partial charge in [0.2, 0.25) is 0 Å². The molecule has 1 aliphatic rings. The molecule has 2 heteroatoms. The van der Waals surface area contributed by atoms with Gasteiger partial charge in [0, 0.05) is 13.2 Å². The van der Waals surface area contributed by atoms with Gasteiger partial charge < -0.3 is 10.1 Å². The van der Waals surface area contributed by atoms with Crippen LogP contribution < -0.4 is 5.32 Å². The minimum absolute atomic E-state index is 0.368. The van der Waals surface area contributed by atoms with Crippen LogP contribution >= 0.6 is 0 Å². The summed E-state index contributed by atoms with van der Waals surface area (Å²) in [4.78, 5) is 0. The van der Waals surface area contributed by atoms with Crippen molar-refractivity contribution in [1.29, 1.82) is 0 Å². The summed E-state index contributed by atoms with van der Waals surface area (Å²) in [6.07, 6.45) is 10.5. The molecule has 0 amide bonds. The van der Waals surface area contributed by atoms with E-state index >= 15 is 0 Å². The number of hydrogen-bond acceptors (Lipinski definition) is 2. The van der Waals surface area contributed by atoms with Crippen LogP contribution in [0.2, 0.25) is 0 Å². The lowest BCUT2D eigenvalue weighted by molar-refractivity contribution is 0.0433. The van der Waals surface area contributed by atoms with E-state index in [1.54, 1.807) is 7.11 Å². The first-order chi connectivity index (χ1) is 5.88. The second-order valence-corrected chi connectivity index (χ2v) is 3.25. The average molecular weight is 167 g/mol. The van der Waals surface area contributed by atoms with Crippen molar-refractivity contribution >= 4 is 0 Å². The Bertz CT molecular complexity index is 162. The Kier molecular flexibility index (Phi) is 4.13. The third-order valence-electron chi connectivity index (χ3n) is 2.47. The highest BCUT2D eigenvalue weighted by Gasteiger charge is 2.23.